The molecule has 2 aromatic carbocycles. The summed E-state index contributed by atoms with van der Waals surface area (Å²) in [6, 6.07) is 25.7. The van der Waals surface area contributed by atoms with Crippen molar-refractivity contribution in [1.29, 1.82) is 0 Å². The number of aromatic nitrogens is 2. The van der Waals surface area contributed by atoms with Crippen LogP contribution < -0.4 is 0 Å². The summed E-state index contributed by atoms with van der Waals surface area (Å²) in [6.45, 7) is 1.96. The third-order valence-electron chi connectivity index (χ3n) is 5.33. The van der Waals surface area contributed by atoms with E-state index in [1.807, 2.05) is 12.3 Å². The first-order valence-electron chi connectivity index (χ1n) is 9.18. The molecule has 5 rings (SSSR count). The van der Waals surface area contributed by atoms with E-state index in [0.29, 0.717) is 0 Å². The minimum atomic E-state index is 0.160. The Bertz CT molecular complexity index is 1020. The summed E-state index contributed by atoms with van der Waals surface area (Å²) in [5.41, 5.74) is 6.41. The molecule has 0 amide bonds. The molecule has 128 valence electrons. The summed E-state index contributed by atoms with van der Waals surface area (Å²) in [6.07, 6.45) is 2.96. The van der Waals surface area contributed by atoms with E-state index in [-0.39, 0.29) is 6.04 Å². The molecule has 0 unspecified atom stereocenters. The first-order valence-corrected chi connectivity index (χ1v) is 9.18. The molecule has 0 spiro atoms. The highest BCUT2D eigenvalue weighted by Crippen LogP contribution is 2.38. The molecule has 0 aliphatic carbocycles. The fourth-order valence-corrected chi connectivity index (χ4v) is 4.15. The fraction of sp³-hybridized carbons (Fsp3) is 0.174. The maximum absolute atomic E-state index is 4.70. The Hall–Kier alpha value is -2.91. The van der Waals surface area contributed by atoms with Crippen LogP contribution in [0.3, 0.4) is 0 Å². The number of hydrogen-bond donors (Lipinski definition) is 1. The molecule has 0 radical (unpaired) electrons. The van der Waals surface area contributed by atoms with Crippen LogP contribution in [0.1, 0.15) is 28.6 Å². The lowest BCUT2D eigenvalue weighted by atomic mass is 9.94. The molecule has 4 aromatic rings. The number of benzene rings is 2. The zero-order valence-electron chi connectivity index (χ0n) is 14.6. The minimum Gasteiger partial charge on any atom is -0.357 e. The highest BCUT2D eigenvalue weighted by Gasteiger charge is 2.32. The van der Waals surface area contributed by atoms with Gasteiger partial charge >= 0.3 is 0 Å². The van der Waals surface area contributed by atoms with Crippen LogP contribution in [0.25, 0.3) is 10.9 Å². The van der Waals surface area contributed by atoms with Gasteiger partial charge in [0, 0.05) is 35.9 Å². The first kappa shape index (κ1) is 15.4. The summed E-state index contributed by atoms with van der Waals surface area (Å²) in [4.78, 5) is 10.9. The monoisotopic (exact) mass is 339 g/mol. The Morgan fingerprint density at radius 3 is 2.58 bits per heavy atom. The van der Waals surface area contributed by atoms with Crippen molar-refractivity contribution in [1.82, 2.24) is 14.9 Å². The number of nitrogens with one attached hydrogen (secondary N) is 1. The summed E-state index contributed by atoms with van der Waals surface area (Å²) in [5.74, 6) is 0. The third-order valence-corrected chi connectivity index (χ3v) is 5.33. The normalized spacial score (nSPS) is 17.3. The van der Waals surface area contributed by atoms with Gasteiger partial charge in [-0.1, -0.05) is 54.6 Å². The van der Waals surface area contributed by atoms with Crippen LogP contribution in [0.15, 0.2) is 79.0 Å². The van der Waals surface area contributed by atoms with Crippen molar-refractivity contribution in [3.63, 3.8) is 0 Å². The van der Waals surface area contributed by atoms with E-state index in [9.17, 15) is 0 Å². The lowest BCUT2D eigenvalue weighted by molar-refractivity contribution is 0.198. The van der Waals surface area contributed by atoms with E-state index in [1.54, 1.807) is 0 Å². The van der Waals surface area contributed by atoms with Crippen molar-refractivity contribution < 1.29 is 0 Å². The molecule has 0 saturated heterocycles. The van der Waals surface area contributed by atoms with Gasteiger partial charge in [0.25, 0.3) is 0 Å². The summed E-state index contributed by atoms with van der Waals surface area (Å²) < 4.78 is 0. The molecule has 1 aliphatic heterocycles. The number of H-pyrrole nitrogens is 1. The lowest BCUT2D eigenvalue weighted by Gasteiger charge is -2.35. The van der Waals surface area contributed by atoms with Gasteiger partial charge in [-0.3, -0.25) is 9.88 Å². The van der Waals surface area contributed by atoms with Crippen LogP contribution in [0.2, 0.25) is 0 Å². The molecule has 0 fully saturated rings. The predicted octanol–water partition coefficient (Wildman–Crippen LogP) is 4.71. The lowest BCUT2D eigenvalue weighted by Crippen LogP contribution is -2.36. The molecule has 1 atom stereocenters. The predicted molar refractivity (Wildman–Crippen MR) is 105 cm³/mol. The number of fused-ring (bicyclic) bond motifs is 3. The molecule has 2 aromatic heterocycles. The first-order chi connectivity index (χ1) is 12.9. The fourth-order valence-electron chi connectivity index (χ4n) is 4.15. The van der Waals surface area contributed by atoms with Gasteiger partial charge in [0.05, 0.1) is 11.7 Å². The van der Waals surface area contributed by atoms with E-state index in [0.717, 1.165) is 25.2 Å². The quantitative estimate of drug-likeness (QED) is 0.586. The number of rotatable bonds is 3. The van der Waals surface area contributed by atoms with Crippen LogP contribution in [0.5, 0.6) is 0 Å². The molecule has 3 nitrogen and oxygen atoms in total. The third kappa shape index (κ3) is 2.61. The second kappa shape index (κ2) is 6.43. The molecule has 0 saturated carbocycles. The Kier molecular flexibility index (Phi) is 3.80. The maximum Gasteiger partial charge on any atom is 0.0933 e. The van der Waals surface area contributed by atoms with Gasteiger partial charge in [0.15, 0.2) is 0 Å². The zero-order chi connectivity index (χ0) is 17.3. The van der Waals surface area contributed by atoms with Gasteiger partial charge in [0.2, 0.25) is 0 Å². The number of aromatic amines is 1. The Labute approximate surface area is 153 Å². The summed E-state index contributed by atoms with van der Waals surface area (Å²) >= 11 is 0. The van der Waals surface area contributed by atoms with Crippen molar-refractivity contribution in [3.05, 3.63) is 102 Å². The maximum atomic E-state index is 4.70. The molecule has 1 aliphatic rings. The summed E-state index contributed by atoms with van der Waals surface area (Å²) in [7, 11) is 0. The van der Waals surface area contributed by atoms with E-state index in [1.165, 1.54) is 27.7 Å². The van der Waals surface area contributed by atoms with Gasteiger partial charge < -0.3 is 4.98 Å². The minimum absolute atomic E-state index is 0.160. The van der Waals surface area contributed by atoms with Crippen LogP contribution in [-0.2, 0) is 13.0 Å². The second-order valence-corrected chi connectivity index (χ2v) is 6.93. The average Bonchev–Trinajstić information content (AvgIpc) is 3.08. The molecular formula is C23H21N3. The van der Waals surface area contributed by atoms with Crippen molar-refractivity contribution in [2.45, 2.75) is 19.0 Å². The second-order valence-electron chi connectivity index (χ2n) is 6.93. The van der Waals surface area contributed by atoms with E-state index < -0.39 is 0 Å². The van der Waals surface area contributed by atoms with Gasteiger partial charge in [-0.2, -0.15) is 0 Å². The topological polar surface area (TPSA) is 31.9 Å². The Morgan fingerprint density at radius 1 is 0.923 bits per heavy atom. The van der Waals surface area contributed by atoms with Crippen LogP contribution in [-0.4, -0.2) is 21.4 Å². The van der Waals surface area contributed by atoms with Gasteiger partial charge in [-0.15, -0.1) is 0 Å². The number of hydrogen-bond acceptors (Lipinski definition) is 2. The Balaban J connectivity index is 1.62. The van der Waals surface area contributed by atoms with E-state index in [2.05, 4.69) is 76.6 Å². The average molecular weight is 339 g/mol. The standard InChI is InChI=1S/C23H21N3/c1-2-8-17(9-3-1)16-26-15-13-19-18-10-4-5-11-20(18)25-22(19)23(26)21-12-6-7-14-24-21/h1-12,14,23,25H,13,15-16H2/t23-/m0/s1. The van der Waals surface area contributed by atoms with Crippen molar-refractivity contribution in [2.75, 3.05) is 6.54 Å². The highest BCUT2D eigenvalue weighted by molar-refractivity contribution is 5.85. The van der Waals surface area contributed by atoms with Gasteiger partial charge in [-0.05, 0) is 35.7 Å². The smallest absolute Gasteiger partial charge is 0.0933 e. The Morgan fingerprint density at radius 2 is 1.73 bits per heavy atom. The highest BCUT2D eigenvalue weighted by atomic mass is 15.2. The summed E-state index contributed by atoms with van der Waals surface area (Å²) in [5, 5.41) is 1.35. The van der Waals surface area contributed by atoms with E-state index >= 15 is 0 Å². The van der Waals surface area contributed by atoms with Crippen LogP contribution >= 0.6 is 0 Å². The largest absolute Gasteiger partial charge is 0.357 e. The number of nitrogens with zero attached hydrogens (tertiary/aromatic N) is 2. The van der Waals surface area contributed by atoms with Crippen molar-refractivity contribution >= 4 is 10.9 Å². The van der Waals surface area contributed by atoms with Crippen molar-refractivity contribution in [2.24, 2.45) is 0 Å². The molecular weight excluding hydrogens is 318 g/mol. The van der Waals surface area contributed by atoms with E-state index in [4.69, 9.17) is 4.98 Å². The SMILES string of the molecule is c1ccc(CN2CCc3c([nH]c4ccccc34)[C@@H]2c2ccccn2)cc1. The van der Waals surface area contributed by atoms with Gasteiger partial charge in [0.1, 0.15) is 0 Å². The molecule has 3 heterocycles. The number of pyridine rings is 1. The van der Waals surface area contributed by atoms with Crippen molar-refractivity contribution in [3.8, 4) is 0 Å². The van der Waals surface area contributed by atoms with Gasteiger partial charge in [-0.25, -0.2) is 0 Å². The van der Waals surface area contributed by atoms with Crippen LogP contribution in [0.4, 0.5) is 0 Å². The molecule has 26 heavy (non-hydrogen) atoms. The van der Waals surface area contributed by atoms with Crippen LogP contribution in [0, 0.1) is 0 Å². The molecule has 1 N–H and O–H groups in total. The zero-order valence-corrected chi connectivity index (χ0v) is 14.6. The number of para-hydroxylation sites is 1. The molecule has 3 heteroatoms. The molecule has 0 bridgehead atoms.